The fourth-order valence-corrected chi connectivity index (χ4v) is 4.17. The van der Waals surface area contributed by atoms with Gasteiger partial charge < -0.3 is 10.1 Å². The van der Waals surface area contributed by atoms with E-state index in [1.165, 1.54) is 6.21 Å². The lowest BCUT2D eigenvalue weighted by atomic mass is 9.90. The van der Waals surface area contributed by atoms with Gasteiger partial charge in [0.1, 0.15) is 5.75 Å². The van der Waals surface area contributed by atoms with Gasteiger partial charge in [0.15, 0.2) is 0 Å². The van der Waals surface area contributed by atoms with Gasteiger partial charge in [0, 0.05) is 4.47 Å². The van der Waals surface area contributed by atoms with Gasteiger partial charge in [-0.3, -0.25) is 9.59 Å². The first-order chi connectivity index (χ1) is 18.5. The van der Waals surface area contributed by atoms with E-state index in [-0.39, 0.29) is 12.5 Å². The molecule has 0 aliphatic heterocycles. The fraction of sp³-hybridized carbons (Fsp3) is 0.0667. The number of nitrogens with one attached hydrogen (secondary N) is 2. The molecule has 190 valence electrons. The molecule has 0 saturated carbocycles. The van der Waals surface area contributed by atoms with Crippen LogP contribution < -0.4 is 15.5 Å². The predicted molar refractivity (Wildman–Crippen MR) is 149 cm³/mol. The van der Waals surface area contributed by atoms with Crippen LogP contribution in [0.5, 0.6) is 5.75 Å². The van der Waals surface area contributed by atoms with E-state index in [0.717, 1.165) is 11.1 Å². The van der Waals surface area contributed by atoms with Crippen LogP contribution in [0, 0.1) is 0 Å². The minimum Gasteiger partial charge on any atom is -0.423 e. The minimum absolute atomic E-state index is 0.240. The predicted octanol–water partition coefficient (Wildman–Crippen LogP) is 5.07. The fourth-order valence-electron chi connectivity index (χ4n) is 3.72. The van der Waals surface area contributed by atoms with Crippen molar-refractivity contribution in [2.45, 2.75) is 5.92 Å². The van der Waals surface area contributed by atoms with Crippen molar-refractivity contribution in [2.75, 3.05) is 6.54 Å². The van der Waals surface area contributed by atoms with Crippen molar-refractivity contribution in [1.82, 2.24) is 10.7 Å². The molecule has 0 atom stereocenters. The molecule has 4 aromatic carbocycles. The first-order valence-corrected chi connectivity index (χ1v) is 12.6. The summed E-state index contributed by atoms with van der Waals surface area (Å²) in [5, 5.41) is 6.64. The number of ether oxygens (including phenoxy) is 1. The van der Waals surface area contributed by atoms with Crippen molar-refractivity contribution in [3.05, 3.63) is 136 Å². The van der Waals surface area contributed by atoms with Gasteiger partial charge in [-0.2, -0.15) is 5.10 Å². The number of hydrazone groups is 1. The Morgan fingerprint density at radius 2 is 1.45 bits per heavy atom. The number of benzene rings is 4. The second-order valence-electron chi connectivity index (χ2n) is 8.21. The van der Waals surface area contributed by atoms with Crippen LogP contribution >= 0.6 is 15.9 Å². The first kappa shape index (κ1) is 26.5. The van der Waals surface area contributed by atoms with Gasteiger partial charge in [-0.1, -0.05) is 84.9 Å². The summed E-state index contributed by atoms with van der Waals surface area (Å²) in [6.07, 6.45) is 1.42. The maximum Gasteiger partial charge on any atom is 0.344 e. The van der Waals surface area contributed by atoms with Crippen molar-refractivity contribution in [2.24, 2.45) is 5.10 Å². The number of nitrogens with zero attached hydrogens (tertiary/aromatic N) is 1. The van der Waals surface area contributed by atoms with Crippen molar-refractivity contribution in [1.29, 1.82) is 0 Å². The molecule has 0 heterocycles. The Morgan fingerprint density at radius 1 is 0.816 bits per heavy atom. The van der Waals surface area contributed by atoms with E-state index in [1.54, 1.807) is 42.5 Å². The number of halogens is 1. The smallest absolute Gasteiger partial charge is 0.344 e. The molecule has 0 bridgehead atoms. The third-order valence-electron chi connectivity index (χ3n) is 5.52. The molecular formula is C30H24BrN3O4. The molecule has 0 aliphatic carbocycles. The first-order valence-electron chi connectivity index (χ1n) is 11.8. The van der Waals surface area contributed by atoms with Gasteiger partial charge in [0.05, 0.1) is 24.2 Å². The Bertz CT molecular complexity index is 1400. The van der Waals surface area contributed by atoms with Crippen LogP contribution in [0.1, 0.15) is 33.0 Å². The second kappa shape index (κ2) is 13.1. The van der Waals surface area contributed by atoms with Gasteiger partial charge in [0.25, 0.3) is 5.91 Å². The van der Waals surface area contributed by atoms with Gasteiger partial charge in [-0.15, -0.1) is 0 Å². The number of carbonyl (C=O) groups excluding carboxylic acids is 3. The Morgan fingerprint density at radius 3 is 2.11 bits per heavy atom. The number of rotatable bonds is 9. The van der Waals surface area contributed by atoms with Crippen LogP contribution in [-0.4, -0.2) is 30.5 Å². The molecule has 0 fully saturated rings. The summed E-state index contributed by atoms with van der Waals surface area (Å²) in [6.45, 7) is -0.240. The lowest BCUT2D eigenvalue weighted by molar-refractivity contribution is -0.126. The number of hydrogen-bond acceptors (Lipinski definition) is 5. The van der Waals surface area contributed by atoms with E-state index in [9.17, 15) is 14.4 Å². The van der Waals surface area contributed by atoms with E-state index in [2.05, 4.69) is 31.8 Å². The molecule has 4 aromatic rings. The summed E-state index contributed by atoms with van der Waals surface area (Å²) in [7, 11) is 0. The maximum absolute atomic E-state index is 13.0. The zero-order valence-electron chi connectivity index (χ0n) is 20.2. The van der Waals surface area contributed by atoms with E-state index in [0.29, 0.717) is 21.3 Å². The van der Waals surface area contributed by atoms with Gasteiger partial charge in [-0.25, -0.2) is 10.2 Å². The van der Waals surface area contributed by atoms with E-state index >= 15 is 0 Å². The normalized spacial score (nSPS) is 10.8. The SMILES string of the molecule is O=C(CNC(=O)C(c1ccccc1)c1ccccc1)N/N=C\c1cccc(OC(=O)c2ccccc2Br)c1. The highest BCUT2D eigenvalue weighted by molar-refractivity contribution is 9.10. The summed E-state index contributed by atoms with van der Waals surface area (Å²) < 4.78 is 6.08. The molecule has 0 spiro atoms. The molecule has 0 aromatic heterocycles. The van der Waals surface area contributed by atoms with Crippen LogP contribution in [0.15, 0.2) is 119 Å². The third-order valence-corrected chi connectivity index (χ3v) is 6.21. The second-order valence-corrected chi connectivity index (χ2v) is 9.06. The zero-order chi connectivity index (χ0) is 26.7. The van der Waals surface area contributed by atoms with Crippen LogP contribution in [0.2, 0.25) is 0 Å². The highest BCUT2D eigenvalue weighted by atomic mass is 79.9. The zero-order valence-corrected chi connectivity index (χ0v) is 21.8. The Kier molecular flexibility index (Phi) is 9.15. The largest absolute Gasteiger partial charge is 0.423 e. The summed E-state index contributed by atoms with van der Waals surface area (Å²) in [6, 6.07) is 32.5. The van der Waals surface area contributed by atoms with Crippen molar-refractivity contribution >= 4 is 39.9 Å². The van der Waals surface area contributed by atoms with Gasteiger partial charge >= 0.3 is 5.97 Å². The molecule has 7 nitrogen and oxygen atoms in total. The van der Waals surface area contributed by atoms with Crippen molar-refractivity contribution in [3.8, 4) is 5.75 Å². The monoisotopic (exact) mass is 569 g/mol. The van der Waals surface area contributed by atoms with E-state index < -0.39 is 17.8 Å². The molecule has 0 aliphatic rings. The van der Waals surface area contributed by atoms with Crippen LogP contribution in [0.3, 0.4) is 0 Å². The summed E-state index contributed by atoms with van der Waals surface area (Å²) >= 11 is 3.34. The lowest BCUT2D eigenvalue weighted by Crippen LogP contribution is -2.37. The maximum atomic E-state index is 13.0. The topological polar surface area (TPSA) is 96.9 Å². The van der Waals surface area contributed by atoms with Crippen LogP contribution in [-0.2, 0) is 9.59 Å². The highest BCUT2D eigenvalue weighted by Gasteiger charge is 2.22. The van der Waals surface area contributed by atoms with Crippen molar-refractivity contribution in [3.63, 3.8) is 0 Å². The van der Waals surface area contributed by atoms with Crippen LogP contribution in [0.25, 0.3) is 0 Å². The molecule has 0 radical (unpaired) electrons. The Hall–Kier alpha value is -4.56. The molecule has 2 amide bonds. The minimum atomic E-state index is -0.546. The molecule has 8 heteroatoms. The average molecular weight is 570 g/mol. The molecule has 0 saturated heterocycles. The molecule has 4 rings (SSSR count). The molecule has 0 unspecified atom stereocenters. The number of amides is 2. The Labute approximate surface area is 228 Å². The van der Waals surface area contributed by atoms with Gasteiger partial charge in [-0.05, 0) is 56.9 Å². The third kappa shape index (κ3) is 7.24. The number of carbonyl (C=O) groups is 3. The average Bonchev–Trinajstić information content (AvgIpc) is 2.94. The quantitative estimate of drug-likeness (QED) is 0.127. The van der Waals surface area contributed by atoms with E-state index in [4.69, 9.17) is 4.74 Å². The standard InChI is InChI=1S/C30H24BrN3O4/c31-26-17-8-7-16-25(26)30(37)38-24-15-9-10-21(18-24)19-33-34-27(35)20-32-29(36)28(22-11-3-1-4-12-22)23-13-5-2-6-14-23/h1-19,28H,20H2,(H,32,36)(H,34,35)/b33-19-. The summed E-state index contributed by atoms with van der Waals surface area (Å²) in [4.78, 5) is 37.8. The molecular weight excluding hydrogens is 546 g/mol. The Balaban J connectivity index is 1.32. The van der Waals surface area contributed by atoms with E-state index in [1.807, 2.05) is 66.7 Å². The van der Waals surface area contributed by atoms with Gasteiger partial charge in [0.2, 0.25) is 5.91 Å². The summed E-state index contributed by atoms with van der Waals surface area (Å²) in [5.74, 6) is -1.48. The van der Waals surface area contributed by atoms with Crippen LogP contribution in [0.4, 0.5) is 0 Å². The highest BCUT2D eigenvalue weighted by Crippen LogP contribution is 2.24. The number of esters is 1. The van der Waals surface area contributed by atoms with Crippen molar-refractivity contribution < 1.29 is 19.1 Å². The number of hydrogen-bond donors (Lipinski definition) is 2. The lowest BCUT2D eigenvalue weighted by Gasteiger charge is -2.17. The molecule has 38 heavy (non-hydrogen) atoms. The molecule has 2 N–H and O–H groups in total. The summed E-state index contributed by atoms with van der Waals surface area (Å²) in [5.41, 5.74) is 5.07.